The first-order chi connectivity index (χ1) is 6.76. The van der Waals surface area contributed by atoms with Crippen molar-refractivity contribution in [2.75, 3.05) is 7.11 Å². The molecule has 0 unspecified atom stereocenters. The second-order valence-corrected chi connectivity index (χ2v) is 3.14. The van der Waals surface area contributed by atoms with Crippen LogP contribution in [0.1, 0.15) is 12.5 Å². The first kappa shape index (κ1) is 10.3. The van der Waals surface area contributed by atoms with Crippen molar-refractivity contribution in [1.82, 2.24) is 0 Å². The zero-order chi connectivity index (χ0) is 10.4. The molecule has 14 heavy (non-hydrogen) atoms. The smallest absolute Gasteiger partial charge is 0.118 e. The van der Waals surface area contributed by atoms with E-state index in [4.69, 9.17) is 10.00 Å². The normalized spacial score (nSPS) is 10.8. The molecule has 0 heterocycles. The van der Waals surface area contributed by atoms with E-state index in [0.717, 1.165) is 17.7 Å². The molecule has 0 N–H and O–H groups in total. The van der Waals surface area contributed by atoms with Gasteiger partial charge in [0.15, 0.2) is 0 Å². The van der Waals surface area contributed by atoms with Gasteiger partial charge in [0.25, 0.3) is 0 Å². The molecule has 0 aliphatic rings. The van der Waals surface area contributed by atoms with Gasteiger partial charge < -0.3 is 4.74 Å². The van der Waals surface area contributed by atoms with Crippen LogP contribution in [0, 0.1) is 11.3 Å². The van der Waals surface area contributed by atoms with E-state index in [-0.39, 0.29) is 0 Å². The average molecular weight is 187 g/mol. The highest BCUT2D eigenvalue weighted by Gasteiger charge is 1.95. The molecule has 0 spiro atoms. The van der Waals surface area contributed by atoms with Gasteiger partial charge in [-0.1, -0.05) is 17.7 Å². The summed E-state index contributed by atoms with van der Waals surface area (Å²) in [6.45, 7) is 1.95. The molecule has 0 aliphatic carbocycles. The van der Waals surface area contributed by atoms with Crippen LogP contribution in [0.4, 0.5) is 0 Å². The zero-order valence-corrected chi connectivity index (χ0v) is 8.45. The Bertz CT molecular complexity index is 357. The van der Waals surface area contributed by atoms with Crippen molar-refractivity contribution in [1.29, 1.82) is 5.26 Å². The van der Waals surface area contributed by atoms with Gasteiger partial charge in [-0.2, -0.15) is 5.26 Å². The molecule has 0 bridgehead atoms. The van der Waals surface area contributed by atoms with Crippen LogP contribution in [0.3, 0.4) is 0 Å². The zero-order valence-electron chi connectivity index (χ0n) is 8.45. The van der Waals surface area contributed by atoms with Crippen molar-refractivity contribution in [2.24, 2.45) is 0 Å². The van der Waals surface area contributed by atoms with Crippen LogP contribution in [0.2, 0.25) is 0 Å². The van der Waals surface area contributed by atoms with Gasteiger partial charge in [-0.05, 0) is 31.0 Å². The van der Waals surface area contributed by atoms with Gasteiger partial charge in [0.05, 0.1) is 13.2 Å². The van der Waals surface area contributed by atoms with Crippen LogP contribution < -0.4 is 4.74 Å². The predicted molar refractivity (Wildman–Crippen MR) is 56.1 cm³/mol. The van der Waals surface area contributed by atoms with Crippen molar-refractivity contribution in [3.63, 3.8) is 0 Å². The summed E-state index contributed by atoms with van der Waals surface area (Å²) >= 11 is 0. The minimum Gasteiger partial charge on any atom is -0.497 e. The molecule has 72 valence electrons. The van der Waals surface area contributed by atoms with E-state index in [1.165, 1.54) is 5.56 Å². The summed E-state index contributed by atoms with van der Waals surface area (Å²) in [4.78, 5) is 0. The molecule has 0 saturated heterocycles. The fourth-order valence-electron chi connectivity index (χ4n) is 1.23. The number of allylic oxidation sites excluding steroid dienone is 2. The maximum absolute atomic E-state index is 8.45. The summed E-state index contributed by atoms with van der Waals surface area (Å²) in [5, 5.41) is 8.45. The number of hydrogen-bond donors (Lipinski definition) is 0. The molecule has 0 aliphatic heterocycles. The van der Waals surface area contributed by atoms with Crippen molar-refractivity contribution >= 4 is 0 Å². The monoisotopic (exact) mass is 187 g/mol. The van der Waals surface area contributed by atoms with E-state index >= 15 is 0 Å². The Morgan fingerprint density at radius 1 is 1.43 bits per heavy atom. The van der Waals surface area contributed by atoms with E-state index < -0.39 is 0 Å². The molecule has 0 radical (unpaired) electrons. The van der Waals surface area contributed by atoms with Gasteiger partial charge in [0.2, 0.25) is 0 Å². The predicted octanol–water partition coefficient (Wildman–Crippen LogP) is 2.71. The topological polar surface area (TPSA) is 33.0 Å². The van der Waals surface area contributed by atoms with Gasteiger partial charge in [-0.3, -0.25) is 0 Å². The number of ether oxygens (including phenoxy) is 1. The fraction of sp³-hybridized carbons (Fsp3) is 0.250. The lowest BCUT2D eigenvalue weighted by Crippen LogP contribution is -1.87. The molecule has 0 fully saturated rings. The summed E-state index contributed by atoms with van der Waals surface area (Å²) < 4.78 is 5.05. The summed E-state index contributed by atoms with van der Waals surface area (Å²) in [5.41, 5.74) is 2.26. The maximum Gasteiger partial charge on any atom is 0.118 e. The van der Waals surface area contributed by atoms with Crippen LogP contribution in [0.15, 0.2) is 35.9 Å². The van der Waals surface area contributed by atoms with Gasteiger partial charge in [0.1, 0.15) is 5.75 Å². The second kappa shape index (κ2) is 5.08. The first-order valence-electron chi connectivity index (χ1n) is 4.44. The highest BCUT2D eigenvalue weighted by Crippen LogP contribution is 2.13. The quantitative estimate of drug-likeness (QED) is 0.681. The third-order valence-electron chi connectivity index (χ3n) is 1.95. The van der Waals surface area contributed by atoms with E-state index in [0.29, 0.717) is 0 Å². The number of nitrogens with zero attached hydrogens (tertiary/aromatic N) is 1. The molecule has 2 nitrogen and oxygen atoms in total. The van der Waals surface area contributed by atoms with Crippen LogP contribution in [-0.4, -0.2) is 7.11 Å². The molecule has 1 aromatic carbocycles. The average Bonchev–Trinajstić information content (AvgIpc) is 2.19. The molecular weight excluding hydrogens is 174 g/mol. The lowest BCUT2D eigenvalue weighted by atomic mass is 10.1. The number of nitriles is 1. The minimum atomic E-state index is 0.817. The molecule has 2 heteroatoms. The van der Waals surface area contributed by atoms with Crippen LogP contribution in [0.25, 0.3) is 0 Å². The summed E-state index contributed by atoms with van der Waals surface area (Å²) in [6, 6.07) is 9.89. The van der Waals surface area contributed by atoms with Crippen molar-refractivity contribution in [3.05, 3.63) is 41.5 Å². The molecule has 0 aromatic heterocycles. The molecular formula is C12H13NO. The van der Waals surface area contributed by atoms with Crippen molar-refractivity contribution in [2.45, 2.75) is 13.3 Å². The molecule has 1 aromatic rings. The Morgan fingerprint density at radius 3 is 2.57 bits per heavy atom. The number of methoxy groups -OCH3 is 1. The summed E-state index contributed by atoms with van der Waals surface area (Å²) in [6.07, 6.45) is 2.39. The number of rotatable bonds is 3. The van der Waals surface area contributed by atoms with E-state index in [2.05, 4.69) is 0 Å². The van der Waals surface area contributed by atoms with Gasteiger partial charge in [-0.25, -0.2) is 0 Å². The number of hydrogen-bond acceptors (Lipinski definition) is 2. The highest BCUT2D eigenvalue weighted by atomic mass is 16.5. The van der Waals surface area contributed by atoms with E-state index in [1.54, 1.807) is 13.2 Å². The highest BCUT2D eigenvalue weighted by molar-refractivity contribution is 5.30. The lowest BCUT2D eigenvalue weighted by molar-refractivity contribution is 0.414. The lowest BCUT2D eigenvalue weighted by Gasteiger charge is -2.02. The summed E-state index contributed by atoms with van der Waals surface area (Å²) in [7, 11) is 1.65. The third kappa shape index (κ3) is 2.95. The molecule has 0 saturated carbocycles. The Morgan fingerprint density at radius 2 is 2.07 bits per heavy atom. The number of benzene rings is 1. The van der Waals surface area contributed by atoms with Crippen LogP contribution in [0.5, 0.6) is 5.75 Å². The van der Waals surface area contributed by atoms with Crippen molar-refractivity contribution in [3.8, 4) is 11.8 Å². The Kier molecular flexibility index (Phi) is 3.75. The largest absolute Gasteiger partial charge is 0.497 e. The Labute approximate surface area is 84.4 Å². The second-order valence-electron chi connectivity index (χ2n) is 3.14. The molecule has 1 rings (SSSR count). The molecule has 0 amide bonds. The van der Waals surface area contributed by atoms with Crippen molar-refractivity contribution < 1.29 is 4.74 Å². The molecule has 0 atom stereocenters. The van der Waals surface area contributed by atoms with Crippen LogP contribution in [-0.2, 0) is 6.42 Å². The van der Waals surface area contributed by atoms with Gasteiger partial charge in [0, 0.05) is 6.08 Å². The standard InChI is InChI=1S/C12H13NO/c1-10(7-8-13)9-11-3-5-12(14-2)6-4-11/h3-7H,9H2,1-2H3/b10-7-. The Balaban J connectivity index is 2.70. The van der Waals surface area contributed by atoms with Gasteiger partial charge >= 0.3 is 0 Å². The maximum atomic E-state index is 8.45. The third-order valence-corrected chi connectivity index (χ3v) is 1.95. The van der Waals surface area contributed by atoms with Crippen LogP contribution >= 0.6 is 0 Å². The fourth-order valence-corrected chi connectivity index (χ4v) is 1.23. The first-order valence-corrected chi connectivity index (χ1v) is 4.44. The van der Waals surface area contributed by atoms with E-state index in [1.807, 2.05) is 37.3 Å². The van der Waals surface area contributed by atoms with E-state index in [9.17, 15) is 0 Å². The van der Waals surface area contributed by atoms with Gasteiger partial charge in [-0.15, -0.1) is 0 Å². The minimum absolute atomic E-state index is 0.817. The SMILES string of the molecule is COc1ccc(C/C(C)=C\C#N)cc1. The summed E-state index contributed by atoms with van der Waals surface area (Å²) in [5.74, 6) is 0.857. The Hall–Kier alpha value is -1.75.